The fourth-order valence-corrected chi connectivity index (χ4v) is 4.15. The van der Waals surface area contributed by atoms with Gasteiger partial charge in [-0.2, -0.15) is 4.98 Å². The molecule has 12 heteroatoms. The highest BCUT2D eigenvalue weighted by molar-refractivity contribution is 7.91. The molecule has 4 N–H and O–H groups in total. The van der Waals surface area contributed by atoms with Crippen LogP contribution in [0.4, 0.5) is 14.8 Å². The van der Waals surface area contributed by atoms with Crippen molar-refractivity contribution >= 4 is 21.9 Å². The number of benzene rings is 2. The van der Waals surface area contributed by atoms with Gasteiger partial charge in [-0.1, -0.05) is 18.1 Å². The normalized spacial score (nSPS) is 12.9. The average molecular weight is 547 g/mol. The maximum atomic E-state index is 13.8. The number of hydrogen-bond donors (Lipinski definition) is 4. The summed E-state index contributed by atoms with van der Waals surface area (Å²) in [6.45, 7) is 1.95. The molecule has 3 aromatic rings. The van der Waals surface area contributed by atoms with Gasteiger partial charge in [0, 0.05) is 24.7 Å². The Balaban J connectivity index is 1.70. The largest absolute Gasteiger partial charge is 0.428 e. The van der Waals surface area contributed by atoms with Crippen LogP contribution in [0, 0.1) is 30.9 Å². The lowest BCUT2D eigenvalue weighted by molar-refractivity contribution is -0.122. The SMILES string of the molecule is C#Cc1cccc(CNC[C@@H](O)[C@H](Cc2cc(F)cc(F)c2)NC(=O)Cc2nc(NS(C)(=O)=O)oc2C)c1. The molecular formula is C26H28F2N4O5S. The third kappa shape index (κ3) is 8.95. The van der Waals surface area contributed by atoms with Crippen molar-refractivity contribution in [3.05, 3.63) is 82.2 Å². The van der Waals surface area contributed by atoms with E-state index in [9.17, 15) is 27.1 Å². The fraction of sp³-hybridized carbons (Fsp3) is 0.308. The van der Waals surface area contributed by atoms with Crippen molar-refractivity contribution in [2.75, 3.05) is 17.5 Å². The summed E-state index contributed by atoms with van der Waals surface area (Å²) >= 11 is 0. The molecule has 0 bridgehead atoms. The van der Waals surface area contributed by atoms with E-state index in [-0.39, 0.29) is 42.4 Å². The van der Waals surface area contributed by atoms with Crippen molar-refractivity contribution in [2.45, 2.75) is 38.5 Å². The second kappa shape index (κ2) is 12.6. The third-order valence-corrected chi connectivity index (χ3v) is 6.00. The second-order valence-corrected chi connectivity index (χ2v) is 10.5. The number of terminal acetylenes is 1. The first-order valence-corrected chi connectivity index (χ1v) is 13.4. The number of halogens is 2. The van der Waals surface area contributed by atoms with Gasteiger partial charge in [-0.15, -0.1) is 6.42 Å². The van der Waals surface area contributed by atoms with Crippen LogP contribution in [-0.2, 0) is 34.2 Å². The van der Waals surface area contributed by atoms with Crippen molar-refractivity contribution in [2.24, 2.45) is 0 Å². The molecule has 0 saturated heterocycles. The summed E-state index contributed by atoms with van der Waals surface area (Å²) in [5, 5.41) is 16.7. The molecule has 38 heavy (non-hydrogen) atoms. The number of aryl methyl sites for hydroxylation is 1. The molecule has 0 aliphatic heterocycles. The van der Waals surface area contributed by atoms with Crippen LogP contribution in [0.25, 0.3) is 0 Å². The van der Waals surface area contributed by atoms with Gasteiger partial charge in [0.1, 0.15) is 17.4 Å². The molecule has 0 saturated carbocycles. The summed E-state index contributed by atoms with van der Waals surface area (Å²) in [4.78, 5) is 16.8. The number of sulfonamides is 1. The molecule has 0 fully saturated rings. The zero-order valence-electron chi connectivity index (χ0n) is 20.8. The van der Waals surface area contributed by atoms with Gasteiger partial charge in [0.25, 0.3) is 0 Å². The molecule has 202 valence electrons. The Morgan fingerprint density at radius 3 is 2.55 bits per heavy atom. The average Bonchev–Trinajstić information content (AvgIpc) is 3.14. The van der Waals surface area contributed by atoms with Crippen LogP contribution < -0.4 is 15.4 Å². The molecule has 3 rings (SSSR count). The van der Waals surface area contributed by atoms with Crippen molar-refractivity contribution in [1.29, 1.82) is 0 Å². The molecule has 2 aromatic carbocycles. The number of aliphatic hydroxyl groups is 1. The monoisotopic (exact) mass is 546 g/mol. The van der Waals surface area contributed by atoms with Gasteiger partial charge in [-0.25, -0.2) is 21.9 Å². The summed E-state index contributed by atoms with van der Waals surface area (Å²) in [6, 6.07) is 9.06. The van der Waals surface area contributed by atoms with Gasteiger partial charge < -0.3 is 20.2 Å². The Morgan fingerprint density at radius 1 is 1.18 bits per heavy atom. The fourth-order valence-electron chi connectivity index (χ4n) is 3.75. The zero-order valence-corrected chi connectivity index (χ0v) is 21.6. The Kier molecular flexibility index (Phi) is 9.57. The highest BCUT2D eigenvalue weighted by atomic mass is 32.2. The molecule has 1 heterocycles. The van der Waals surface area contributed by atoms with Crippen LogP contribution in [0.3, 0.4) is 0 Å². The van der Waals surface area contributed by atoms with Crippen molar-refractivity contribution < 1.29 is 31.5 Å². The predicted molar refractivity (Wildman–Crippen MR) is 137 cm³/mol. The van der Waals surface area contributed by atoms with E-state index in [4.69, 9.17) is 10.8 Å². The van der Waals surface area contributed by atoms with Crippen molar-refractivity contribution in [1.82, 2.24) is 15.6 Å². The molecule has 0 aliphatic carbocycles. The van der Waals surface area contributed by atoms with E-state index in [0.717, 1.165) is 30.0 Å². The standard InChI is InChI=1S/C26H28F2N4O5S/c1-4-17-6-5-7-18(8-17)14-29-15-24(33)23(11-19-9-20(27)12-21(28)10-19)30-25(34)13-22-16(2)37-26(31-22)32-38(3,35)36/h1,5-10,12,23-24,29,33H,11,13-15H2,2-3H3,(H,30,34)(H,31,32)/t23-,24+/m0/s1. The number of nitrogens with one attached hydrogen (secondary N) is 3. The van der Waals surface area contributed by atoms with Crippen molar-refractivity contribution in [3.63, 3.8) is 0 Å². The number of oxazole rings is 1. The lowest BCUT2D eigenvalue weighted by Crippen LogP contribution is -2.49. The van der Waals surface area contributed by atoms with Crippen LogP contribution in [0.2, 0.25) is 0 Å². The first-order valence-electron chi connectivity index (χ1n) is 11.5. The van der Waals surface area contributed by atoms with E-state index in [1.165, 1.54) is 6.92 Å². The van der Waals surface area contributed by atoms with Crippen LogP contribution in [0.15, 0.2) is 46.9 Å². The molecule has 1 amide bonds. The number of aromatic nitrogens is 1. The first-order chi connectivity index (χ1) is 17.9. The molecule has 1 aromatic heterocycles. The summed E-state index contributed by atoms with van der Waals surface area (Å²) in [6.07, 6.45) is 4.87. The number of carbonyl (C=O) groups is 1. The number of anilines is 1. The number of rotatable bonds is 12. The highest BCUT2D eigenvalue weighted by Crippen LogP contribution is 2.17. The molecule has 0 unspecified atom stereocenters. The number of amides is 1. The lowest BCUT2D eigenvalue weighted by atomic mass is 10.00. The minimum absolute atomic E-state index is 0.0500. The zero-order chi connectivity index (χ0) is 27.9. The summed E-state index contributed by atoms with van der Waals surface area (Å²) in [5.41, 5.74) is 2.03. The topological polar surface area (TPSA) is 134 Å². The second-order valence-electron chi connectivity index (χ2n) is 8.77. The summed E-state index contributed by atoms with van der Waals surface area (Å²) < 4.78 is 57.7. The molecule has 0 aliphatic rings. The number of aliphatic hydroxyl groups excluding tert-OH is 1. The quantitative estimate of drug-likeness (QED) is 0.256. The van der Waals surface area contributed by atoms with Crippen LogP contribution >= 0.6 is 0 Å². The maximum absolute atomic E-state index is 13.8. The first kappa shape index (κ1) is 28.8. The highest BCUT2D eigenvalue weighted by Gasteiger charge is 2.24. The molecule has 9 nitrogen and oxygen atoms in total. The molecule has 2 atom stereocenters. The van der Waals surface area contributed by atoms with E-state index < -0.39 is 39.7 Å². The van der Waals surface area contributed by atoms with Crippen molar-refractivity contribution in [3.8, 4) is 12.3 Å². The Labute approximate surface area is 219 Å². The van der Waals surface area contributed by atoms with Gasteiger partial charge in [0.05, 0.1) is 30.5 Å². The van der Waals surface area contributed by atoms with E-state index >= 15 is 0 Å². The summed E-state index contributed by atoms with van der Waals surface area (Å²) in [7, 11) is -3.63. The van der Waals surface area contributed by atoms with Gasteiger partial charge in [-0.3, -0.25) is 4.79 Å². The summed E-state index contributed by atoms with van der Waals surface area (Å²) in [5.74, 6) is 0.651. The molecular weight excluding hydrogens is 518 g/mol. The number of nitrogens with zero attached hydrogens (tertiary/aromatic N) is 1. The van der Waals surface area contributed by atoms with Gasteiger partial charge in [0.2, 0.25) is 15.9 Å². The van der Waals surface area contributed by atoms with Crippen LogP contribution in [0.1, 0.15) is 28.1 Å². The Hall–Kier alpha value is -3.79. The Bertz CT molecular complexity index is 1420. The van der Waals surface area contributed by atoms with Crippen LogP contribution in [0.5, 0.6) is 0 Å². The third-order valence-electron chi connectivity index (χ3n) is 5.46. The van der Waals surface area contributed by atoms with E-state index in [0.29, 0.717) is 12.1 Å². The Morgan fingerprint density at radius 2 is 1.89 bits per heavy atom. The van der Waals surface area contributed by atoms with E-state index in [2.05, 4.69) is 26.3 Å². The molecule has 0 radical (unpaired) electrons. The number of hydrogen-bond acceptors (Lipinski definition) is 7. The number of carbonyl (C=O) groups excluding carboxylic acids is 1. The van der Waals surface area contributed by atoms with Crippen LogP contribution in [-0.4, -0.2) is 49.4 Å². The predicted octanol–water partition coefficient (Wildman–Crippen LogP) is 2.03. The minimum Gasteiger partial charge on any atom is -0.428 e. The maximum Gasteiger partial charge on any atom is 0.309 e. The smallest absolute Gasteiger partial charge is 0.309 e. The minimum atomic E-state index is -3.63. The van der Waals surface area contributed by atoms with E-state index in [1.807, 2.05) is 18.2 Å². The molecule has 0 spiro atoms. The lowest BCUT2D eigenvalue weighted by Gasteiger charge is -2.25. The van der Waals surface area contributed by atoms with Gasteiger partial charge in [0.15, 0.2) is 0 Å². The van der Waals surface area contributed by atoms with Gasteiger partial charge in [-0.05, 0) is 48.7 Å². The van der Waals surface area contributed by atoms with E-state index in [1.54, 1.807) is 6.07 Å². The van der Waals surface area contributed by atoms with Gasteiger partial charge >= 0.3 is 6.01 Å².